The molecule has 55 heavy (non-hydrogen) atoms. The molecule has 2 aliphatic rings. The van der Waals surface area contributed by atoms with Gasteiger partial charge in [0.2, 0.25) is 0 Å². The number of fused-ring (bicyclic) bond motifs is 8. The van der Waals surface area contributed by atoms with Gasteiger partial charge in [-0.1, -0.05) is 81.6 Å². The second kappa shape index (κ2) is 18.4. The summed E-state index contributed by atoms with van der Waals surface area (Å²) in [5, 5.41) is 2.17. The molecular formula is C50H60N4S. The number of hydrogen-bond donors (Lipinski definition) is 2. The van der Waals surface area contributed by atoms with Crippen molar-refractivity contribution in [2.45, 2.75) is 146 Å². The van der Waals surface area contributed by atoms with Gasteiger partial charge in [-0.3, -0.25) is 0 Å². The first kappa shape index (κ1) is 40.1. The third-order valence-electron chi connectivity index (χ3n) is 11.6. The smallest absolute Gasteiger partial charge is 0.0851 e. The van der Waals surface area contributed by atoms with Crippen LogP contribution in [0.2, 0.25) is 0 Å². The molecule has 0 unspecified atom stereocenters. The predicted molar refractivity (Wildman–Crippen MR) is 239 cm³/mol. The minimum atomic E-state index is 0.865. The van der Waals surface area contributed by atoms with Gasteiger partial charge in [0.15, 0.2) is 0 Å². The standard InChI is InChI=1S/C50H60N4S/c1-10-19-20-21-24-32-27-28-55-48(32)26-23-22-25-41-49-39(17-8)37(15-6)46(53-49)30-44-35(13-4)33(11-2)42(51-44)29-43-34(12-3)36(14-5)45(52-43)31-47-38(16-7)40(18-9)50(41)54-47/h27-31,51-52H,10-21,24H2,1-9H3. The van der Waals surface area contributed by atoms with Crippen LogP contribution in [0.15, 0.2) is 29.6 Å². The summed E-state index contributed by atoms with van der Waals surface area (Å²) < 4.78 is 0. The summed E-state index contributed by atoms with van der Waals surface area (Å²) in [5.74, 6) is 13.7. The van der Waals surface area contributed by atoms with Crippen molar-refractivity contribution < 1.29 is 0 Å². The monoisotopic (exact) mass is 748 g/mol. The summed E-state index contributed by atoms with van der Waals surface area (Å²) in [4.78, 5) is 20.0. The highest BCUT2D eigenvalue weighted by molar-refractivity contribution is 7.10. The molecular weight excluding hydrogens is 689 g/mol. The molecule has 0 amide bonds. The Kier molecular flexibility index (Phi) is 13.4. The maximum absolute atomic E-state index is 5.52. The van der Waals surface area contributed by atoms with E-state index in [0.29, 0.717) is 0 Å². The van der Waals surface area contributed by atoms with Crippen LogP contribution in [0.4, 0.5) is 0 Å². The number of nitrogens with one attached hydrogen (secondary N) is 2. The van der Waals surface area contributed by atoms with Crippen LogP contribution in [0.1, 0.15) is 175 Å². The van der Waals surface area contributed by atoms with Crippen LogP contribution >= 0.6 is 11.3 Å². The highest BCUT2D eigenvalue weighted by Crippen LogP contribution is 2.41. The lowest BCUT2D eigenvalue weighted by molar-refractivity contribution is 0.667. The molecule has 6 heterocycles. The van der Waals surface area contributed by atoms with Crippen molar-refractivity contribution in [3.63, 3.8) is 0 Å². The summed E-state index contributed by atoms with van der Waals surface area (Å²) in [6.45, 7) is 20.4. The van der Waals surface area contributed by atoms with Gasteiger partial charge in [0.05, 0.1) is 33.2 Å². The first-order chi connectivity index (χ1) is 26.9. The molecule has 0 saturated heterocycles. The van der Waals surface area contributed by atoms with Gasteiger partial charge in [-0.2, -0.15) is 0 Å². The minimum absolute atomic E-state index is 0.865. The zero-order valence-corrected chi connectivity index (χ0v) is 35.7. The van der Waals surface area contributed by atoms with Crippen LogP contribution in [0.5, 0.6) is 0 Å². The van der Waals surface area contributed by atoms with Crippen LogP contribution < -0.4 is 0 Å². The molecule has 286 valence electrons. The lowest BCUT2D eigenvalue weighted by atomic mass is 9.94. The highest BCUT2D eigenvalue weighted by atomic mass is 32.1. The van der Waals surface area contributed by atoms with Crippen molar-refractivity contribution in [3.8, 4) is 23.7 Å². The molecule has 4 nitrogen and oxygen atoms in total. The van der Waals surface area contributed by atoms with Gasteiger partial charge in [-0.15, -0.1) is 11.3 Å². The van der Waals surface area contributed by atoms with E-state index in [2.05, 4.69) is 126 Å². The number of rotatable bonds is 13. The van der Waals surface area contributed by atoms with E-state index in [1.807, 2.05) is 0 Å². The van der Waals surface area contributed by atoms with Crippen LogP contribution in [0.25, 0.3) is 44.4 Å². The Morgan fingerprint density at radius 1 is 0.527 bits per heavy atom. The van der Waals surface area contributed by atoms with Gasteiger partial charge >= 0.3 is 0 Å². The van der Waals surface area contributed by atoms with Crippen LogP contribution in [-0.2, 0) is 32.1 Å². The zero-order valence-electron chi connectivity index (χ0n) is 34.9. The Bertz CT molecular complexity index is 2290. The molecule has 4 aromatic rings. The number of allylic oxidation sites excluding steroid dienone is 4. The van der Waals surface area contributed by atoms with Gasteiger partial charge in [0.25, 0.3) is 0 Å². The SMILES string of the molecule is CCCCCCc1ccsc1C#CC#Cc1c2nc(cc3[nH]c(cc4[nH]c(cc5nc1C(CC)=C5CC)c(CC)c4CC)c(CC)c3CC)C(CC)=C2CC. The number of hydrogen-bond acceptors (Lipinski definition) is 3. The molecule has 6 rings (SSSR count). The van der Waals surface area contributed by atoms with E-state index in [0.717, 1.165) is 102 Å². The number of thiophene rings is 1. The van der Waals surface area contributed by atoms with Crippen molar-refractivity contribution in [3.05, 3.63) is 90.7 Å². The van der Waals surface area contributed by atoms with Gasteiger partial charge in [-0.25, -0.2) is 9.97 Å². The molecule has 0 fully saturated rings. The normalized spacial score (nSPS) is 12.6. The molecule has 4 aromatic heterocycles. The van der Waals surface area contributed by atoms with Crippen molar-refractivity contribution >= 4 is 55.7 Å². The molecule has 0 aliphatic carbocycles. The van der Waals surface area contributed by atoms with Crippen molar-refractivity contribution in [2.75, 3.05) is 0 Å². The van der Waals surface area contributed by atoms with Crippen LogP contribution in [-0.4, -0.2) is 19.9 Å². The lowest BCUT2D eigenvalue weighted by Gasteiger charge is -2.08. The lowest BCUT2D eigenvalue weighted by Crippen LogP contribution is -1.95. The summed E-state index contributed by atoms with van der Waals surface area (Å²) >= 11 is 1.72. The molecule has 2 aliphatic heterocycles. The molecule has 2 N–H and O–H groups in total. The van der Waals surface area contributed by atoms with Crippen molar-refractivity contribution in [2.24, 2.45) is 0 Å². The third-order valence-corrected chi connectivity index (χ3v) is 12.4. The topological polar surface area (TPSA) is 57.4 Å². The molecule has 0 aromatic carbocycles. The van der Waals surface area contributed by atoms with E-state index < -0.39 is 0 Å². The van der Waals surface area contributed by atoms with Gasteiger partial charge < -0.3 is 9.97 Å². The summed E-state index contributed by atoms with van der Waals surface area (Å²) in [6, 6.07) is 9.21. The number of aromatic nitrogens is 4. The van der Waals surface area contributed by atoms with E-state index in [4.69, 9.17) is 9.97 Å². The fourth-order valence-corrected chi connectivity index (χ4v) is 9.67. The zero-order chi connectivity index (χ0) is 39.1. The number of H-pyrrole nitrogens is 2. The Balaban J connectivity index is 1.72. The van der Waals surface area contributed by atoms with Gasteiger partial charge in [-0.05, 0) is 168 Å². The quantitative estimate of drug-likeness (QED) is 0.106. The minimum Gasteiger partial charge on any atom is -0.355 e. The molecule has 0 radical (unpaired) electrons. The first-order valence-corrected chi connectivity index (χ1v) is 22.1. The van der Waals surface area contributed by atoms with Crippen LogP contribution in [0.3, 0.4) is 0 Å². The first-order valence-electron chi connectivity index (χ1n) is 21.2. The second-order valence-electron chi connectivity index (χ2n) is 14.6. The number of aromatic amines is 2. The van der Waals surface area contributed by atoms with E-state index in [1.54, 1.807) is 11.3 Å². The van der Waals surface area contributed by atoms with E-state index in [-0.39, 0.29) is 0 Å². The van der Waals surface area contributed by atoms with Crippen molar-refractivity contribution in [1.82, 2.24) is 19.9 Å². The van der Waals surface area contributed by atoms with E-state index >= 15 is 0 Å². The van der Waals surface area contributed by atoms with E-state index in [9.17, 15) is 0 Å². The molecule has 0 atom stereocenters. The van der Waals surface area contributed by atoms with Gasteiger partial charge in [0.1, 0.15) is 0 Å². The second-order valence-corrected chi connectivity index (χ2v) is 15.6. The van der Waals surface area contributed by atoms with E-state index in [1.165, 1.54) is 86.8 Å². The number of nitrogens with zero attached hydrogens (tertiary/aromatic N) is 2. The summed E-state index contributed by atoms with van der Waals surface area (Å²) in [7, 11) is 0. The highest BCUT2D eigenvalue weighted by Gasteiger charge is 2.26. The fraction of sp³-hybridized carbons (Fsp3) is 0.440. The third kappa shape index (κ3) is 7.92. The van der Waals surface area contributed by atoms with Crippen LogP contribution in [0, 0.1) is 23.7 Å². The Labute approximate surface area is 334 Å². The molecule has 5 heteroatoms. The molecule has 0 saturated carbocycles. The van der Waals surface area contributed by atoms with Crippen molar-refractivity contribution in [1.29, 1.82) is 0 Å². The average Bonchev–Trinajstić information content (AvgIpc) is 4.01. The molecule has 8 bridgehead atoms. The fourth-order valence-electron chi connectivity index (χ4n) is 8.87. The number of unbranched alkanes of at least 4 members (excludes halogenated alkanes) is 3. The maximum Gasteiger partial charge on any atom is 0.0851 e. The Morgan fingerprint density at radius 2 is 1.00 bits per heavy atom. The maximum atomic E-state index is 5.52. The summed E-state index contributed by atoms with van der Waals surface area (Å²) in [6.07, 6.45) is 13.4. The Morgan fingerprint density at radius 3 is 1.45 bits per heavy atom. The predicted octanol–water partition coefficient (Wildman–Crippen LogP) is 13.6. The Hall–Kier alpha value is -4.58. The van der Waals surface area contributed by atoms with Gasteiger partial charge in [0, 0.05) is 22.1 Å². The largest absolute Gasteiger partial charge is 0.355 e. The number of aryl methyl sites for hydroxylation is 5. The average molecular weight is 749 g/mol. The molecule has 0 spiro atoms. The summed E-state index contributed by atoms with van der Waals surface area (Å²) in [5.41, 5.74) is 21.5.